The maximum Gasteiger partial charge on any atom is 0.138 e. The molecule has 0 aliphatic rings. The molecule has 0 saturated carbocycles. The average molecular weight is 253 g/mol. The van der Waals surface area contributed by atoms with Crippen molar-refractivity contribution >= 4 is 28.2 Å². The van der Waals surface area contributed by atoms with Crippen molar-refractivity contribution in [2.75, 3.05) is 0 Å². The van der Waals surface area contributed by atoms with Crippen LogP contribution in [0.1, 0.15) is 5.56 Å². The quantitative estimate of drug-likeness (QED) is 0.690. The van der Waals surface area contributed by atoms with E-state index in [1.807, 2.05) is 48.5 Å². The van der Waals surface area contributed by atoms with Crippen molar-refractivity contribution in [3.8, 4) is 11.4 Å². The lowest BCUT2D eigenvalue weighted by Gasteiger charge is -1.99. The molecule has 0 fully saturated rings. The van der Waals surface area contributed by atoms with Crippen LogP contribution in [-0.4, -0.2) is 15.0 Å². The van der Waals surface area contributed by atoms with Crippen molar-refractivity contribution in [1.82, 2.24) is 9.97 Å². The van der Waals surface area contributed by atoms with Crippen LogP contribution in [0, 0.1) is 0 Å². The molecule has 0 unspecified atom stereocenters. The molecule has 0 aliphatic carbocycles. The third-order valence-electron chi connectivity index (χ3n) is 2.83. The predicted octanol–water partition coefficient (Wildman–Crippen LogP) is 2.86. The SMILES string of the molecule is NC(=S)c1ccc(-c2nc3ccccc3[nH]2)cc1. The van der Waals surface area contributed by atoms with Gasteiger partial charge in [0.05, 0.1) is 11.0 Å². The molecule has 1 heterocycles. The molecular weight excluding hydrogens is 242 g/mol. The topological polar surface area (TPSA) is 54.7 Å². The van der Waals surface area contributed by atoms with E-state index in [0.717, 1.165) is 28.0 Å². The van der Waals surface area contributed by atoms with Crippen LogP contribution in [-0.2, 0) is 0 Å². The Morgan fingerprint density at radius 2 is 1.78 bits per heavy atom. The van der Waals surface area contributed by atoms with Crippen molar-refractivity contribution in [3.05, 3.63) is 54.1 Å². The number of thiocarbonyl (C=S) groups is 1. The molecule has 3 rings (SSSR count). The standard InChI is InChI=1S/C14H11N3S/c15-13(18)9-5-7-10(8-6-9)14-16-11-3-1-2-4-12(11)17-14/h1-8H,(H2,15,18)(H,16,17). The van der Waals surface area contributed by atoms with Gasteiger partial charge in [0.25, 0.3) is 0 Å². The highest BCUT2D eigenvalue weighted by Crippen LogP contribution is 2.20. The Hall–Kier alpha value is -2.20. The van der Waals surface area contributed by atoms with Crippen LogP contribution in [0.25, 0.3) is 22.4 Å². The number of hydrogen-bond acceptors (Lipinski definition) is 2. The van der Waals surface area contributed by atoms with E-state index >= 15 is 0 Å². The minimum Gasteiger partial charge on any atom is -0.389 e. The number of aromatic nitrogens is 2. The summed E-state index contributed by atoms with van der Waals surface area (Å²) in [5, 5.41) is 0. The number of H-pyrrole nitrogens is 1. The Balaban J connectivity index is 2.06. The number of rotatable bonds is 2. The van der Waals surface area contributed by atoms with Crippen molar-refractivity contribution in [2.24, 2.45) is 5.73 Å². The van der Waals surface area contributed by atoms with E-state index in [1.54, 1.807) is 0 Å². The minimum atomic E-state index is 0.408. The van der Waals surface area contributed by atoms with Crippen LogP contribution in [0.15, 0.2) is 48.5 Å². The molecule has 0 atom stereocenters. The van der Waals surface area contributed by atoms with E-state index in [2.05, 4.69) is 9.97 Å². The van der Waals surface area contributed by atoms with Gasteiger partial charge < -0.3 is 10.7 Å². The number of nitrogens with zero attached hydrogens (tertiary/aromatic N) is 1. The van der Waals surface area contributed by atoms with Crippen LogP contribution >= 0.6 is 12.2 Å². The highest BCUT2D eigenvalue weighted by Gasteiger charge is 2.05. The number of hydrogen-bond donors (Lipinski definition) is 2. The van der Waals surface area contributed by atoms with E-state index in [9.17, 15) is 0 Å². The van der Waals surface area contributed by atoms with Gasteiger partial charge >= 0.3 is 0 Å². The Morgan fingerprint density at radius 3 is 2.44 bits per heavy atom. The highest BCUT2D eigenvalue weighted by molar-refractivity contribution is 7.80. The first-order valence-corrected chi connectivity index (χ1v) is 6.00. The lowest BCUT2D eigenvalue weighted by molar-refractivity contribution is 1.33. The first kappa shape index (κ1) is 10.9. The van der Waals surface area contributed by atoms with Crippen LogP contribution in [0.4, 0.5) is 0 Å². The molecule has 88 valence electrons. The van der Waals surface area contributed by atoms with Gasteiger partial charge in [0, 0.05) is 11.1 Å². The molecule has 0 aliphatic heterocycles. The van der Waals surface area contributed by atoms with Gasteiger partial charge in [-0.25, -0.2) is 4.98 Å². The summed E-state index contributed by atoms with van der Waals surface area (Å²) in [7, 11) is 0. The molecule has 0 spiro atoms. The van der Waals surface area contributed by atoms with Crippen LogP contribution < -0.4 is 5.73 Å². The van der Waals surface area contributed by atoms with E-state index in [4.69, 9.17) is 18.0 Å². The van der Waals surface area contributed by atoms with Gasteiger partial charge in [-0.15, -0.1) is 0 Å². The van der Waals surface area contributed by atoms with Crippen LogP contribution in [0.5, 0.6) is 0 Å². The molecule has 0 amide bonds. The summed E-state index contributed by atoms with van der Waals surface area (Å²) < 4.78 is 0. The summed E-state index contributed by atoms with van der Waals surface area (Å²) in [4.78, 5) is 8.23. The second-order valence-corrected chi connectivity index (χ2v) is 4.48. The number of nitrogens with one attached hydrogen (secondary N) is 1. The van der Waals surface area contributed by atoms with Gasteiger partial charge in [0.1, 0.15) is 10.8 Å². The number of fused-ring (bicyclic) bond motifs is 1. The molecule has 3 aromatic rings. The normalized spacial score (nSPS) is 10.7. The third kappa shape index (κ3) is 1.87. The van der Waals surface area contributed by atoms with Gasteiger partial charge in [-0.05, 0) is 12.1 Å². The Kier molecular flexibility index (Phi) is 2.57. The number of nitrogens with two attached hydrogens (primary N) is 1. The number of imidazole rings is 1. The van der Waals surface area contributed by atoms with Crippen molar-refractivity contribution < 1.29 is 0 Å². The van der Waals surface area contributed by atoms with E-state index in [0.29, 0.717) is 4.99 Å². The fourth-order valence-electron chi connectivity index (χ4n) is 1.88. The molecular formula is C14H11N3S. The zero-order valence-electron chi connectivity index (χ0n) is 9.55. The van der Waals surface area contributed by atoms with Gasteiger partial charge in [0.2, 0.25) is 0 Å². The smallest absolute Gasteiger partial charge is 0.138 e. The lowest BCUT2D eigenvalue weighted by atomic mass is 10.1. The second-order valence-electron chi connectivity index (χ2n) is 4.04. The lowest BCUT2D eigenvalue weighted by Crippen LogP contribution is -2.08. The molecule has 1 aromatic heterocycles. The molecule has 2 aromatic carbocycles. The second kappa shape index (κ2) is 4.23. The molecule has 3 nitrogen and oxygen atoms in total. The molecule has 0 radical (unpaired) electrons. The number of benzene rings is 2. The summed E-state index contributed by atoms with van der Waals surface area (Å²) in [6, 6.07) is 15.7. The molecule has 18 heavy (non-hydrogen) atoms. The Morgan fingerprint density at radius 1 is 1.06 bits per heavy atom. The van der Waals surface area contributed by atoms with Crippen molar-refractivity contribution in [3.63, 3.8) is 0 Å². The van der Waals surface area contributed by atoms with Gasteiger partial charge in [-0.3, -0.25) is 0 Å². The third-order valence-corrected chi connectivity index (χ3v) is 3.07. The van der Waals surface area contributed by atoms with E-state index in [-0.39, 0.29) is 0 Å². The first-order chi connectivity index (χ1) is 8.74. The first-order valence-electron chi connectivity index (χ1n) is 5.59. The maximum absolute atomic E-state index is 5.57. The zero-order valence-corrected chi connectivity index (χ0v) is 10.4. The molecule has 3 N–H and O–H groups in total. The largest absolute Gasteiger partial charge is 0.389 e. The molecule has 0 saturated heterocycles. The zero-order chi connectivity index (χ0) is 12.5. The minimum absolute atomic E-state index is 0.408. The Bertz CT molecular complexity index is 680. The molecule has 4 heteroatoms. The average Bonchev–Trinajstić information content (AvgIpc) is 2.82. The summed E-state index contributed by atoms with van der Waals surface area (Å²) >= 11 is 4.93. The van der Waals surface area contributed by atoms with Crippen LogP contribution in [0.2, 0.25) is 0 Å². The Labute approximate surface area is 110 Å². The maximum atomic E-state index is 5.57. The van der Waals surface area contributed by atoms with Gasteiger partial charge in [-0.2, -0.15) is 0 Å². The monoisotopic (exact) mass is 253 g/mol. The summed E-state index contributed by atoms with van der Waals surface area (Å²) in [5.74, 6) is 0.852. The molecule has 0 bridgehead atoms. The number of aromatic amines is 1. The summed E-state index contributed by atoms with van der Waals surface area (Å²) in [5.41, 5.74) is 9.45. The highest BCUT2D eigenvalue weighted by atomic mass is 32.1. The van der Waals surface area contributed by atoms with E-state index in [1.165, 1.54) is 0 Å². The van der Waals surface area contributed by atoms with Gasteiger partial charge in [0.15, 0.2) is 0 Å². The van der Waals surface area contributed by atoms with Gasteiger partial charge in [-0.1, -0.05) is 48.6 Å². The summed E-state index contributed by atoms with van der Waals surface area (Å²) in [6.45, 7) is 0. The van der Waals surface area contributed by atoms with E-state index < -0.39 is 0 Å². The van der Waals surface area contributed by atoms with Crippen molar-refractivity contribution in [1.29, 1.82) is 0 Å². The summed E-state index contributed by atoms with van der Waals surface area (Å²) in [6.07, 6.45) is 0. The predicted molar refractivity (Wildman–Crippen MR) is 77.4 cm³/mol. The van der Waals surface area contributed by atoms with Crippen molar-refractivity contribution in [2.45, 2.75) is 0 Å². The van der Waals surface area contributed by atoms with Crippen LogP contribution in [0.3, 0.4) is 0 Å². The fourth-order valence-corrected chi connectivity index (χ4v) is 2.02. The number of para-hydroxylation sites is 2. The fraction of sp³-hybridized carbons (Fsp3) is 0.